The van der Waals surface area contributed by atoms with Gasteiger partial charge in [-0.1, -0.05) is 29.8 Å². The highest BCUT2D eigenvalue weighted by molar-refractivity contribution is 5.76. The van der Waals surface area contributed by atoms with E-state index in [-0.39, 0.29) is 5.91 Å². The van der Waals surface area contributed by atoms with E-state index >= 15 is 0 Å². The monoisotopic (exact) mass is 193 g/mol. The van der Waals surface area contributed by atoms with Gasteiger partial charge in [0, 0.05) is 6.54 Å². The number of nitrogens with one attached hydrogen (secondary N) is 1. The molecular formula is C11H15NO2. The van der Waals surface area contributed by atoms with Gasteiger partial charge in [0.25, 0.3) is 0 Å². The van der Waals surface area contributed by atoms with Gasteiger partial charge in [-0.3, -0.25) is 4.79 Å². The minimum absolute atomic E-state index is 0.322. The van der Waals surface area contributed by atoms with Crippen molar-refractivity contribution in [2.24, 2.45) is 0 Å². The summed E-state index contributed by atoms with van der Waals surface area (Å²) >= 11 is 0. The number of rotatable bonds is 4. The standard InChI is InChI=1S/C11H15NO2/c1-9-3-2-4-10(7-9)5-6-12-11(14)8-13/h2-4,7,13H,5-6,8H2,1H3,(H,12,14). The molecule has 0 radical (unpaired) electrons. The Morgan fingerprint density at radius 1 is 1.50 bits per heavy atom. The van der Waals surface area contributed by atoms with Crippen LogP contribution in [-0.2, 0) is 11.2 Å². The van der Waals surface area contributed by atoms with Crippen LogP contribution in [0, 0.1) is 6.92 Å². The molecule has 3 nitrogen and oxygen atoms in total. The Morgan fingerprint density at radius 3 is 2.93 bits per heavy atom. The maximum Gasteiger partial charge on any atom is 0.245 e. The first-order valence-corrected chi connectivity index (χ1v) is 4.65. The van der Waals surface area contributed by atoms with Crippen LogP contribution in [0.2, 0.25) is 0 Å². The maximum absolute atomic E-state index is 10.7. The van der Waals surface area contributed by atoms with Crippen molar-refractivity contribution in [3.63, 3.8) is 0 Å². The van der Waals surface area contributed by atoms with Gasteiger partial charge in [-0.05, 0) is 18.9 Å². The fraction of sp³-hybridized carbons (Fsp3) is 0.364. The van der Waals surface area contributed by atoms with Crippen molar-refractivity contribution in [1.82, 2.24) is 5.32 Å². The highest BCUT2D eigenvalue weighted by Crippen LogP contribution is 2.03. The fourth-order valence-electron chi connectivity index (χ4n) is 1.27. The van der Waals surface area contributed by atoms with Gasteiger partial charge < -0.3 is 10.4 Å². The van der Waals surface area contributed by atoms with Gasteiger partial charge in [-0.25, -0.2) is 0 Å². The lowest BCUT2D eigenvalue weighted by molar-refractivity contribution is -0.123. The zero-order valence-electron chi connectivity index (χ0n) is 8.29. The lowest BCUT2D eigenvalue weighted by Gasteiger charge is -2.03. The molecule has 0 aliphatic rings. The van der Waals surface area contributed by atoms with Crippen molar-refractivity contribution in [2.75, 3.05) is 13.2 Å². The van der Waals surface area contributed by atoms with Crippen LogP contribution in [0.1, 0.15) is 11.1 Å². The largest absolute Gasteiger partial charge is 0.387 e. The van der Waals surface area contributed by atoms with E-state index in [1.807, 2.05) is 25.1 Å². The second kappa shape index (κ2) is 5.40. The zero-order valence-corrected chi connectivity index (χ0v) is 8.29. The molecule has 0 saturated carbocycles. The van der Waals surface area contributed by atoms with Crippen molar-refractivity contribution >= 4 is 5.91 Å². The number of hydrogen-bond donors (Lipinski definition) is 2. The van der Waals surface area contributed by atoms with Crippen molar-refractivity contribution in [3.05, 3.63) is 35.4 Å². The summed E-state index contributed by atoms with van der Waals surface area (Å²) in [5.41, 5.74) is 2.42. The number of benzene rings is 1. The second-order valence-electron chi connectivity index (χ2n) is 3.25. The van der Waals surface area contributed by atoms with Crippen LogP contribution in [0.3, 0.4) is 0 Å². The number of carbonyl (C=O) groups is 1. The highest BCUT2D eigenvalue weighted by atomic mass is 16.3. The van der Waals surface area contributed by atoms with Gasteiger partial charge in [-0.2, -0.15) is 0 Å². The second-order valence-corrected chi connectivity index (χ2v) is 3.25. The Labute approximate surface area is 83.8 Å². The van der Waals surface area contributed by atoms with E-state index in [0.717, 1.165) is 6.42 Å². The van der Waals surface area contributed by atoms with Crippen molar-refractivity contribution < 1.29 is 9.90 Å². The summed E-state index contributed by atoms with van der Waals surface area (Å²) in [7, 11) is 0. The van der Waals surface area contributed by atoms with Crippen LogP contribution >= 0.6 is 0 Å². The Balaban J connectivity index is 2.35. The highest BCUT2D eigenvalue weighted by Gasteiger charge is 1.97. The molecule has 1 amide bonds. The summed E-state index contributed by atoms with van der Waals surface area (Å²) in [6.07, 6.45) is 0.799. The van der Waals surface area contributed by atoms with Crippen LogP contribution in [0.15, 0.2) is 24.3 Å². The van der Waals surface area contributed by atoms with E-state index in [1.165, 1.54) is 11.1 Å². The molecule has 0 saturated heterocycles. The first kappa shape index (κ1) is 10.7. The first-order chi connectivity index (χ1) is 6.72. The average molecular weight is 193 g/mol. The molecule has 0 fully saturated rings. The zero-order chi connectivity index (χ0) is 10.4. The number of amides is 1. The van der Waals surface area contributed by atoms with E-state index < -0.39 is 6.61 Å². The minimum Gasteiger partial charge on any atom is -0.387 e. The van der Waals surface area contributed by atoms with Gasteiger partial charge in [-0.15, -0.1) is 0 Å². The van der Waals surface area contributed by atoms with Gasteiger partial charge in [0.05, 0.1) is 0 Å². The third-order valence-corrected chi connectivity index (χ3v) is 1.96. The number of aryl methyl sites for hydroxylation is 1. The summed E-state index contributed by atoms with van der Waals surface area (Å²) < 4.78 is 0. The molecule has 3 heteroatoms. The molecular weight excluding hydrogens is 178 g/mol. The van der Waals surface area contributed by atoms with E-state index in [4.69, 9.17) is 5.11 Å². The van der Waals surface area contributed by atoms with E-state index in [9.17, 15) is 4.79 Å². The molecule has 0 unspecified atom stereocenters. The van der Waals surface area contributed by atoms with Crippen molar-refractivity contribution in [3.8, 4) is 0 Å². The SMILES string of the molecule is Cc1cccc(CCNC(=O)CO)c1. The quantitative estimate of drug-likeness (QED) is 0.737. The summed E-state index contributed by atoms with van der Waals surface area (Å²) in [6.45, 7) is 2.17. The summed E-state index contributed by atoms with van der Waals surface area (Å²) in [5, 5.41) is 11.1. The van der Waals surface area contributed by atoms with Gasteiger partial charge in [0.15, 0.2) is 0 Å². The fourth-order valence-corrected chi connectivity index (χ4v) is 1.27. The summed E-state index contributed by atoms with van der Waals surface area (Å²) in [4.78, 5) is 10.7. The Morgan fingerprint density at radius 2 is 2.29 bits per heavy atom. The number of carbonyl (C=O) groups excluding carboxylic acids is 1. The summed E-state index contributed by atoms with van der Waals surface area (Å²) in [6, 6.07) is 8.15. The molecule has 0 atom stereocenters. The van der Waals surface area contributed by atoms with Crippen LogP contribution in [0.25, 0.3) is 0 Å². The lowest BCUT2D eigenvalue weighted by Crippen LogP contribution is -2.28. The minimum atomic E-state index is -0.437. The van der Waals surface area contributed by atoms with Crippen LogP contribution in [0.5, 0.6) is 0 Å². The van der Waals surface area contributed by atoms with Crippen LogP contribution in [-0.4, -0.2) is 24.2 Å². The van der Waals surface area contributed by atoms with Crippen molar-refractivity contribution in [1.29, 1.82) is 0 Å². The lowest BCUT2D eigenvalue weighted by atomic mass is 10.1. The molecule has 0 bridgehead atoms. The molecule has 0 aliphatic heterocycles. The van der Waals surface area contributed by atoms with Crippen LogP contribution < -0.4 is 5.32 Å². The average Bonchev–Trinajstić information content (AvgIpc) is 2.17. The first-order valence-electron chi connectivity index (χ1n) is 4.65. The molecule has 1 aromatic rings. The number of aliphatic hydroxyl groups excluding tert-OH is 1. The smallest absolute Gasteiger partial charge is 0.245 e. The number of hydrogen-bond acceptors (Lipinski definition) is 2. The molecule has 76 valence electrons. The molecule has 14 heavy (non-hydrogen) atoms. The maximum atomic E-state index is 10.7. The topological polar surface area (TPSA) is 49.3 Å². The van der Waals surface area contributed by atoms with Crippen molar-refractivity contribution in [2.45, 2.75) is 13.3 Å². The van der Waals surface area contributed by atoms with Crippen LogP contribution in [0.4, 0.5) is 0 Å². The third-order valence-electron chi connectivity index (χ3n) is 1.96. The molecule has 2 N–H and O–H groups in total. The Bertz CT molecular complexity index is 310. The molecule has 1 rings (SSSR count). The molecule has 0 aliphatic carbocycles. The Hall–Kier alpha value is -1.35. The van der Waals surface area contributed by atoms with E-state index in [1.54, 1.807) is 0 Å². The van der Waals surface area contributed by atoms with Gasteiger partial charge in [0.1, 0.15) is 6.61 Å². The molecule has 1 aromatic carbocycles. The van der Waals surface area contributed by atoms with E-state index in [2.05, 4.69) is 11.4 Å². The third kappa shape index (κ3) is 3.58. The normalized spacial score (nSPS) is 9.86. The predicted molar refractivity (Wildman–Crippen MR) is 55.0 cm³/mol. The molecule has 0 aromatic heterocycles. The van der Waals surface area contributed by atoms with Gasteiger partial charge >= 0.3 is 0 Å². The molecule has 0 spiro atoms. The van der Waals surface area contributed by atoms with Gasteiger partial charge in [0.2, 0.25) is 5.91 Å². The van der Waals surface area contributed by atoms with E-state index in [0.29, 0.717) is 6.54 Å². The Kier molecular flexibility index (Phi) is 4.13. The molecule has 0 heterocycles. The predicted octanol–water partition coefficient (Wildman–Crippen LogP) is 0.646. The summed E-state index contributed by atoms with van der Waals surface area (Å²) in [5.74, 6) is -0.322. The number of aliphatic hydroxyl groups is 1.